The number of benzene rings is 1. The van der Waals surface area contributed by atoms with Gasteiger partial charge in [-0.05, 0) is 43.7 Å². The Bertz CT molecular complexity index is 1110. The number of imidazole rings is 1. The van der Waals surface area contributed by atoms with Gasteiger partial charge in [-0.2, -0.15) is 0 Å². The normalized spacial score (nSPS) is 20.5. The number of nitrogens with two attached hydrogens (primary N) is 1. The molecule has 0 atom stereocenters. The molecule has 0 unspecified atom stereocenters. The second-order valence-electron chi connectivity index (χ2n) is 8.00. The van der Waals surface area contributed by atoms with Gasteiger partial charge in [-0.1, -0.05) is 0 Å². The van der Waals surface area contributed by atoms with Gasteiger partial charge in [-0.3, -0.25) is 4.79 Å². The predicted octanol–water partition coefficient (Wildman–Crippen LogP) is 2.00. The molecule has 1 aromatic carbocycles. The number of carbonyl (C=O) groups excluding carboxylic acids is 1. The third kappa shape index (κ3) is 5.00. The Labute approximate surface area is 189 Å². The molecule has 33 heavy (non-hydrogen) atoms. The van der Waals surface area contributed by atoms with Crippen LogP contribution in [0.1, 0.15) is 25.5 Å². The van der Waals surface area contributed by atoms with E-state index in [2.05, 4.69) is 25.3 Å². The summed E-state index contributed by atoms with van der Waals surface area (Å²) in [6.45, 7) is 2.42. The molecule has 5 N–H and O–H groups in total. The summed E-state index contributed by atoms with van der Waals surface area (Å²) in [7, 11) is 0. The van der Waals surface area contributed by atoms with Crippen molar-refractivity contribution in [2.24, 2.45) is 11.1 Å². The Hall–Kier alpha value is -3.41. The monoisotopic (exact) mass is 456 g/mol. The summed E-state index contributed by atoms with van der Waals surface area (Å²) in [4.78, 5) is 28.3. The van der Waals surface area contributed by atoms with E-state index in [4.69, 9.17) is 20.3 Å². The lowest BCUT2D eigenvalue weighted by Crippen LogP contribution is -2.46. The predicted molar refractivity (Wildman–Crippen MR) is 117 cm³/mol. The number of aliphatic hydroxyl groups excluding tert-OH is 1. The van der Waals surface area contributed by atoms with Crippen LogP contribution in [0.5, 0.6) is 0 Å². The first-order valence-corrected chi connectivity index (χ1v) is 10.5. The molecule has 0 saturated carbocycles. The Morgan fingerprint density at radius 3 is 2.67 bits per heavy atom. The number of rotatable bonds is 8. The van der Waals surface area contributed by atoms with Crippen LogP contribution < -0.4 is 11.1 Å². The molecular formula is C22H25FN6O4. The molecule has 174 valence electrons. The van der Waals surface area contributed by atoms with Gasteiger partial charge in [0.2, 0.25) is 18.1 Å². The number of aromatic amines is 1. The van der Waals surface area contributed by atoms with Crippen molar-refractivity contribution in [1.29, 1.82) is 0 Å². The topological polar surface area (TPSA) is 148 Å². The molecule has 0 spiro atoms. The van der Waals surface area contributed by atoms with Crippen molar-refractivity contribution in [3.05, 3.63) is 48.2 Å². The van der Waals surface area contributed by atoms with Crippen molar-refractivity contribution >= 4 is 11.9 Å². The van der Waals surface area contributed by atoms with Gasteiger partial charge >= 0.3 is 0 Å². The van der Waals surface area contributed by atoms with E-state index in [1.54, 1.807) is 31.3 Å². The lowest BCUT2D eigenvalue weighted by Gasteiger charge is -2.34. The number of nitrogens with zero attached hydrogens (tertiary/aromatic N) is 3. The average molecular weight is 456 g/mol. The summed E-state index contributed by atoms with van der Waals surface area (Å²) in [5.74, 6) is -0.0951. The quantitative estimate of drug-likeness (QED) is 0.376. The van der Waals surface area contributed by atoms with Crippen molar-refractivity contribution in [1.82, 2.24) is 19.9 Å². The second kappa shape index (κ2) is 9.61. The van der Waals surface area contributed by atoms with E-state index >= 15 is 0 Å². The summed E-state index contributed by atoms with van der Waals surface area (Å²) in [5, 5.41) is 12.0. The number of anilines is 1. The Morgan fingerprint density at radius 2 is 2.00 bits per heavy atom. The second-order valence-corrected chi connectivity index (χ2v) is 8.00. The first-order valence-electron chi connectivity index (χ1n) is 10.5. The molecule has 1 amide bonds. The van der Waals surface area contributed by atoms with Crippen LogP contribution in [0.3, 0.4) is 0 Å². The van der Waals surface area contributed by atoms with Gasteiger partial charge in [0.25, 0.3) is 0 Å². The smallest absolute Gasteiger partial charge is 0.228 e. The fourth-order valence-electron chi connectivity index (χ4n) is 3.28. The summed E-state index contributed by atoms with van der Waals surface area (Å²) >= 11 is 0. The zero-order valence-electron chi connectivity index (χ0n) is 18.0. The highest BCUT2D eigenvalue weighted by Crippen LogP contribution is 2.35. The van der Waals surface area contributed by atoms with E-state index in [-0.39, 0.29) is 25.6 Å². The molecule has 10 nitrogen and oxygen atoms in total. The van der Waals surface area contributed by atoms with E-state index < -0.39 is 17.6 Å². The number of primary amides is 1. The molecule has 0 radical (unpaired) electrons. The van der Waals surface area contributed by atoms with Gasteiger partial charge in [0, 0.05) is 24.9 Å². The van der Waals surface area contributed by atoms with Crippen LogP contribution in [0.25, 0.3) is 22.6 Å². The maximum Gasteiger partial charge on any atom is 0.228 e. The Kier molecular flexibility index (Phi) is 6.63. The van der Waals surface area contributed by atoms with Crippen molar-refractivity contribution in [3.8, 4) is 22.6 Å². The number of carbonyl (C=O) groups is 1. The maximum atomic E-state index is 13.5. The number of aliphatic hydroxyl groups is 1. The van der Waals surface area contributed by atoms with E-state index in [0.717, 1.165) is 0 Å². The summed E-state index contributed by atoms with van der Waals surface area (Å²) in [6.07, 6.45) is 1.32. The summed E-state index contributed by atoms with van der Waals surface area (Å²) in [5.41, 5.74) is 6.84. The Morgan fingerprint density at radius 1 is 1.27 bits per heavy atom. The van der Waals surface area contributed by atoms with Crippen molar-refractivity contribution < 1.29 is 23.8 Å². The molecule has 0 aliphatic carbocycles. The largest absolute Gasteiger partial charge is 0.396 e. The third-order valence-electron chi connectivity index (χ3n) is 5.29. The molecule has 1 saturated heterocycles. The van der Waals surface area contributed by atoms with Crippen LogP contribution in [0.4, 0.5) is 10.3 Å². The fraction of sp³-hybridized carbons (Fsp3) is 0.364. The van der Waals surface area contributed by atoms with Gasteiger partial charge in [-0.15, -0.1) is 0 Å². The molecule has 1 aliphatic rings. The van der Waals surface area contributed by atoms with Crippen LogP contribution in [0.2, 0.25) is 0 Å². The molecule has 0 bridgehead atoms. The minimum atomic E-state index is -0.923. The summed E-state index contributed by atoms with van der Waals surface area (Å²) in [6, 6.07) is 7.65. The Balaban J connectivity index is 1.68. The fourth-order valence-corrected chi connectivity index (χ4v) is 3.28. The van der Waals surface area contributed by atoms with Gasteiger partial charge in [0.15, 0.2) is 5.82 Å². The van der Waals surface area contributed by atoms with Crippen LogP contribution in [0, 0.1) is 11.2 Å². The minimum Gasteiger partial charge on any atom is -0.396 e. The molecule has 1 fully saturated rings. The number of hydrogen-bond acceptors (Lipinski definition) is 8. The molecule has 3 aromatic rings. The lowest BCUT2D eigenvalue weighted by atomic mass is 9.91. The zero-order valence-corrected chi connectivity index (χ0v) is 18.0. The van der Waals surface area contributed by atoms with E-state index in [9.17, 15) is 9.18 Å². The van der Waals surface area contributed by atoms with E-state index in [0.29, 0.717) is 47.4 Å². The van der Waals surface area contributed by atoms with E-state index in [1.165, 1.54) is 12.1 Å². The average Bonchev–Trinajstić information content (AvgIpc) is 3.26. The van der Waals surface area contributed by atoms with Crippen molar-refractivity contribution in [3.63, 3.8) is 0 Å². The number of ether oxygens (including phenoxy) is 2. The number of H-pyrrole nitrogens is 1. The van der Waals surface area contributed by atoms with Gasteiger partial charge in [-0.25, -0.2) is 19.3 Å². The highest BCUT2D eigenvalue weighted by atomic mass is 19.1. The first kappa shape index (κ1) is 22.8. The summed E-state index contributed by atoms with van der Waals surface area (Å²) < 4.78 is 25.0. The number of aromatic nitrogens is 4. The number of nitrogens with one attached hydrogen (secondary N) is 2. The van der Waals surface area contributed by atoms with E-state index in [1.807, 2.05) is 0 Å². The highest BCUT2D eigenvalue weighted by Gasteiger charge is 2.39. The molecule has 3 heterocycles. The SMILES string of the molecule is CC1(C(N)=O)COC(c2nc(-c3ccc(F)cc3)c(-c3ccnc(NCCCO)n3)[nH]2)OC1. The van der Waals surface area contributed by atoms with Crippen LogP contribution in [0.15, 0.2) is 36.5 Å². The maximum absolute atomic E-state index is 13.5. The molecular weight excluding hydrogens is 431 g/mol. The number of hydrogen-bond donors (Lipinski definition) is 4. The van der Waals surface area contributed by atoms with Gasteiger partial charge in [0.05, 0.1) is 35.7 Å². The highest BCUT2D eigenvalue weighted by molar-refractivity contribution is 5.81. The molecule has 1 aliphatic heterocycles. The first-order chi connectivity index (χ1) is 15.9. The molecule has 11 heteroatoms. The van der Waals surface area contributed by atoms with Crippen LogP contribution >= 0.6 is 0 Å². The number of halogens is 1. The minimum absolute atomic E-state index is 0.0570. The molecule has 4 rings (SSSR count). The number of amides is 1. The van der Waals surface area contributed by atoms with Crippen molar-refractivity contribution in [2.75, 3.05) is 31.7 Å². The van der Waals surface area contributed by atoms with Gasteiger partial charge in [0.1, 0.15) is 5.82 Å². The lowest BCUT2D eigenvalue weighted by molar-refractivity contribution is -0.230. The van der Waals surface area contributed by atoms with Crippen LogP contribution in [-0.4, -0.2) is 57.3 Å². The van der Waals surface area contributed by atoms with Crippen LogP contribution in [-0.2, 0) is 14.3 Å². The zero-order chi connectivity index (χ0) is 23.4. The van der Waals surface area contributed by atoms with Crippen molar-refractivity contribution in [2.45, 2.75) is 19.6 Å². The third-order valence-corrected chi connectivity index (χ3v) is 5.29. The standard InChI is InChI=1S/C22H25FN6O4/c1-22(20(24)31)11-32-19(33-12-22)18-28-16(13-3-5-14(23)6-4-13)17(29-18)15-7-9-26-21(27-15)25-8-2-10-30/h3-7,9,19,30H,2,8,10-12H2,1H3,(H2,24,31)(H,28,29)(H,25,26,27). The van der Waals surface area contributed by atoms with Gasteiger partial charge < -0.3 is 30.6 Å². The molecule has 2 aromatic heterocycles.